The first-order valence-corrected chi connectivity index (χ1v) is 10.8. The van der Waals surface area contributed by atoms with Crippen molar-refractivity contribution in [1.82, 2.24) is 4.98 Å². The SMILES string of the molecule is COc1cc(/C=C(\Sc2nc3ccccc3o2)C(=O)O)ccc1OCc1ccc([N+](=O)[O-])cc1. The summed E-state index contributed by atoms with van der Waals surface area (Å²) in [5.74, 6) is -0.265. The van der Waals surface area contributed by atoms with Crippen molar-refractivity contribution in [2.24, 2.45) is 0 Å². The van der Waals surface area contributed by atoms with E-state index in [9.17, 15) is 20.0 Å². The molecule has 0 aliphatic carbocycles. The number of ether oxygens (including phenoxy) is 2. The minimum atomic E-state index is -1.12. The van der Waals surface area contributed by atoms with Crippen molar-refractivity contribution in [2.75, 3.05) is 7.11 Å². The molecular weight excluding hydrogens is 460 g/mol. The lowest BCUT2D eigenvalue weighted by Gasteiger charge is -2.11. The highest BCUT2D eigenvalue weighted by molar-refractivity contribution is 8.03. The number of hydrogen-bond donors (Lipinski definition) is 1. The summed E-state index contributed by atoms with van der Waals surface area (Å²) in [5, 5.41) is 20.7. The molecular formula is C24H18N2O7S. The van der Waals surface area contributed by atoms with E-state index in [1.165, 1.54) is 25.3 Å². The number of aliphatic carboxylic acids is 1. The van der Waals surface area contributed by atoms with Crippen LogP contribution in [-0.4, -0.2) is 28.1 Å². The Morgan fingerprint density at radius 2 is 1.91 bits per heavy atom. The lowest BCUT2D eigenvalue weighted by atomic mass is 10.2. The second kappa shape index (κ2) is 10.1. The third kappa shape index (κ3) is 5.36. The molecule has 34 heavy (non-hydrogen) atoms. The van der Waals surface area contributed by atoms with Crippen molar-refractivity contribution in [3.05, 3.63) is 92.9 Å². The molecule has 0 bridgehead atoms. The maximum atomic E-state index is 11.8. The Morgan fingerprint density at radius 1 is 1.15 bits per heavy atom. The lowest BCUT2D eigenvalue weighted by molar-refractivity contribution is -0.384. The highest BCUT2D eigenvalue weighted by Crippen LogP contribution is 2.33. The fourth-order valence-corrected chi connectivity index (χ4v) is 3.79. The first kappa shape index (κ1) is 22.9. The van der Waals surface area contributed by atoms with E-state index < -0.39 is 10.9 Å². The molecule has 10 heteroatoms. The van der Waals surface area contributed by atoms with Gasteiger partial charge in [0.1, 0.15) is 17.0 Å². The van der Waals surface area contributed by atoms with E-state index in [2.05, 4.69) is 4.98 Å². The molecule has 0 saturated heterocycles. The Kier molecular flexibility index (Phi) is 6.79. The van der Waals surface area contributed by atoms with Crippen molar-refractivity contribution in [1.29, 1.82) is 0 Å². The molecule has 0 aliphatic heterocycles. The summed E-state index contributed by atoms with van der Waals surface area (Å²) in [6.45, 7) is 0.178. The second-order valence-corrected chi connectivity index (χ2v) is 7.98. The molecule has 0 unspecified atom stereocenters. The van der Waals surface area contributed by atoms with E-state index in [4.69, 9.17) is 13.9 Å². The van der Waals surface area contributed by atoms with Crippen LogP contribution in [0.1, 0.15) is 11.1 Å². The quantitative estimate of drug-likeness (QED) is 0.143. The fourth-order valence-electron chi connectivity index (χ4n) is 3.04. The number of carboxylic acids is 1. The van der Waals surface area contributed by atoms with E-state index in [0.29, 0.717) is 28.2 Å². The number of rotatable bonds is 9. The highest BCUT2D eigenvalue weighted by Gasteiger charge is 2.16. The average Bonchev–Trinajstić information content (AvgIpc) is 3.25. The van der Waals surface area contributed by atoms with Gasteiger partial charge >= 0.3 is 5.97 Å². The zero-order chi connectivity index (χ0) is 24.1. The number of para-hydroxylation sites is 2. The molecule has 4 aromatic rings. The van der Waals surface area contributed by atoms with Crippen LogP contribution in [-0.2, 0) is 11.4 Å². The van der Waals surface area contributed by atoms with Crippen LogP contribution in [0.15, 0.2) is 81.3 Å². The Morgan fingerprint density at radius 3 is 2.59 bits per heavy atom. The molecule has 0 fully saturated rings. The van der Waals surface area contributed by atoms with E-state index in [-0.39, 0.29) is 22.4 Å². The van der Waals surface area contributed by atoms with E-state index in [0.717, 1.165) is 17.3 Å². The molecule has 9 nitrogen and oxygen atoms in total. The first-order valence-electron chi connectivity index (χ1n) is 9.95. The number of hydrogen-bond acceptors (Lipinski definition) is 8. The summed E-state index contributed by atoms with van der Waals surface area (Å²) < 4.78 is 16.8. The molecule has 0 amide bonds. The number of carbonyl (C=O) groups is 1. The normalized spacial score (nSPS) is 11.4. The van der Waals surface area contributed by atoms with Gasteiger partial charge in [0.05, 0.1) is 12.0 Å². The molecule has 1 heterocycles. The summed E-state index contributed by atoms with van der Waals surface area (Å²) in [6, 6.07) is 18.2. The highest BCUT2D eigenvalue weighted by atomic mass is 32.2. The number of fused-ring (bicyclic) bond motifs is 1. The van der Waals surface area contributed by atoms with Crippen molar-refractivity contribution in [2.45, 2.75) is 11.8 Å². The van der Waals surface area contributed by atoms with E-state index >= 15 is 0 Å². The van der Waals surface area contributed by atoms with E-state index in [1.807, 2.05) is 12.1 Å². The lowest BCUT2D eigenvalue weighted by Crippen LogP contribution is -1.99. The van der Waals surface area contributed by atoms with Gasteiger partial charge in [-0.1, -0.05) is 18.2 Å². The molecule has 172 valence electrons. The Bertz CT molecular complexity index is 1350. The number of thioether (sulfide) groups is 1. The average molecular weight is 478 g/mol. The Balaban J connectivity index is 1.51. The van der Waals surface area contributed by atoms with Crippen LogP contribution in [0.5, 0.6) is 11.5 Å². The number of non-ortho nitro benzene ring substituents is 1. The van der Waals surface area contributed by atoms with Gasteiger partial charge in [0.25, 0.3) is 10.9 Å². The number of aromatic nitrogens is 1. The van der Waals surface area contributed by atoms with Gasteiger partial charge in [-0.25, -0.2) is 9.78 Å². The standard InChI is InChI=1S/C24H18N2O7S/c1-31-21-12-16(8-11-20(21)32-14-15-6-9-17(10-7-15)26(29)30)13-22(23(27)28)34-24-25-18-4-2-3-5-19(18)33-24/h2-13H,14H2,1H3,(H,27,28)/b22-13-. The minimum absolute atomic E-state index is 0.00224. The molecule has 4 rings (SSSR count). The first-order chi connectivity index (χ1) is 16.4. The summed E-state index contributed by atoms with van der Waals surface area (Å²) in [4.78, 5) is 26.4. The number of carboxylic acid groups (broad SMARTS) is 1. The van der Waals surface area contributed by atoms with Crippen LogP contribution < -0.4 is 9.47 Å². The maximum Gasteiger partial charge on any atom is 0.342 e. The molecule has 1 N–H and O–H groups in total. The zero-order valence-corrected chi connectivity index (χ0v) is 18.7. The molecule has 1 aromatic heterocycles. The Labute approximate surface area is 197 Å². The van der Waals surface area contributed by atoms with Crippen LogP contribution >= 0.6 is 11.8 Å². The third-order valence-electron chi connectivity index (χ3n) is 4.71. The Hall–Kier alpha value is -4.31. The number of methoxy groups -OCH3 is 1. The summed E-state index contributed by atoms with van der Waals surface area (Å²) in [7, 11) is 1.48. The molecule has 0 spiro atoms. The fraction of sp³-hybridized carbons (Fsp3) is 0.0833. The smallest absolute Gasteiger partial charge is 0.342 e. The van der Waals surface area contributed by atoms with Gasteiger partial charge in [-0.05, 0) is 65.4 Å². The van der Waals surface area contributed by atoms with Crippen LogP contribution in [0.2, 0.25) is 0 Å². The van der Waals surface area contributed by atoms with Gasteiger partial charge in [0.2, 0.25) is 0 Å². The van der Waals surface area contributed by atoms with Crippen molar-refractivity contribution in [3.63, 3.8) is 0 Å². The number of nitro benzene ring substituents is 1. The number of benzene rings is 3. The molecule has 0 aliphatic rings. The van der Waals surface area contributed by atoms with Gasteiger partial charge < -0.3 is 19.0 Å². The van der Waals surface area contributed by atoms with Crippen molar-refractivity contribution >= 4 is 40.6 Å². The van der Waals surface area contributed by atoms with Crippen molar-refractivity contribution < 1.29 is 28.7 Å². The largest absolute Gasteiger partial charge is 0.493 e. The predicted octanol–water partition coefficient (Wildman–Crippen LogP) is 5.54. The molecule has 0 saturated carbocycles. The third-order valence-corrected chi connectivity index (χ3v) is 5.57. The summed E-state index contributed by atoms with van der Waals surface area (Å²) >= 11 is 0.910. The molecule has 0 atom stereocenters. The number of nitrogens with zero attached hydrogens (tertiary/aromatic N) is 2. The monoisotopic (exact) mass is 478 g/mol. The maximum absolute atomic E-state index is 11.8. The molecule has 3 aromatic carbocycles. The van der Waals surface area contributed by atoms with Gasteiger partial charge in [-0.2, -0.15) is 0 Å². The summed E-state index contributed by atoms with van der Waals surface area (Å²) in [5.41, 5.74) is 2.55. The summed E-state index contributed by atoms with van der Waals surface area (Å²) in [6.07, 6.45) is 1.49. The predicted molar refractivity (Wildman–Crippen MR) is 126 cm³/mol. The van der Waals surface area contributed by atoms with Gasteiger partial charge in [0.15, 0.2) is 17.1 Å². The topological polar surface area (TPSA) is 125 Å². The minimum Gasteiger partial charge on any atom is -0.493 e. The number of nitro groups is 1. The van der Waals surface area contributed by atoms with Crippen LogP contribution in [0.25, 0.3) is 17.2 Å². The van der Waals surface area contributed by atoms with Crippen LogP contribution in [0, 0.1) is 10.1 Å². The molecule has 0 radical (unpaired) electrons. The number of oxazole rings is 1. The van der Waals surface area contributed by atoms with Gasteiger partial charge in [-0.15, -0.1) is 0 Å². The zero-order valence-electron chi connectivity index (χ0n) is 17.8. The van der Waals surface area contributed by atoms with Crippen LogP contribution in [0.4, 0.5) is 5.69 Å². The van der Waals surface area contributed by atoms with E-state index in [1.54, 1.807) is 42.5 Å². The van der Waals surface area contributed by atoms with Crippen LogP contribution in [0.3, 0.4) is 0 Å². The van der Waals surface area contributed by atoms with Crippen molar-refractivity contribution in [3.8, 4) is 11.5 Å². The van der Waals surface area contributed by atoms with Gasteiger partial charge in [-0.3, -0.25) is 10.1 Å². The van der Waals surface area contributed by atoms with Gasteiger partial charge in [0, 0.05) is 12.1 Å². The second-order valence-electron chi connectivity index (χ2n) is 6.99.